The molecule has 3 nitrogen and oxygen atoms in total. The first-order valence-corrected chi connectivity index (χ1v) is 5.90. The molecule has 0 saturated carbocycles. The molecule has 0 aliphatic carbocycles. The van der Waals surface area contributed by atoms with Gasteiger partial charge in [0.25, 0.3) is 0 Å². The summed E-state index contributed by atoms with van der Waals surface area (Å²) in [6, 6.07) is 5.97. The van der Waals surface area contributed by atoms with Crippen LogP contribution in [0.3, 0.4) is 0 Å². The fourth-order valence-corrected chi connectivity index (χ4v) is 1.61. The van der Waals surface area contributed by atoms with Crippen molar-refractivity contribution in [1.82, 2.24) is 0 Å². The molecule has 2 atom stereocenters. The summed E-state index contributed by atoms with van der Waals surface area (Å²) in [7, 11) is 1.64. The van der Waals surface area contributed by atoms with Crippen LogP contribution in [0.25, 0.3) is 0 Å². The third kappa shape index (κ3) is 4.46. The Kier molecular flexibility index (Phi) is 5.62. The highest BCUT2D eigenvalue weighted by Gasteiger charge is 2.10. The molecular formula is C14H22O3. The minimum Gasteiger partial charge on any atom is -0.386 e. The zero-order valence-corrected chi connectivity index (χ0v) is 11.1. The van der Waals surface area contributed by atoms with E-state index in [2.05, 4.69) is 6.92 Å². The smallest absolute Gasteiger partial charge is 0.102 e. The third-order valence-electron chi connectivity index (χ3n) is 2.86. The van der Waals surface area contributed by atoms with Gasteiger partial charge in [0.1, 0.15) is 6.10 Å². The van der Waals surface area contributed by atoms with E-state index in [1.165, 1.54) is 11.1 Å². The lowest BCUT2D eigenvalue weighted by atomic mass is 10.0. The molecule has 0 heterocycles. The van der Waals surface area contributed by atoms with Crippen molar-refractivity contribution < 1.29 is 14.6 Å². The number of rotatable bonds is 6. The fourth-order valence-electron chi connectivity index (χ4n) is 1.61. The second-order valence-corrected chi connectivity index (χ2v) is 4.46. The van der Waals surface area contributed by atoms with Gasteiger partial charge in [0.2, 0.25) is 0 Å². The second kappa shape index (κ2) is 6.74. The van der Waals surface area contributed by atoms with Gasteiger partial charge in [0.15, 0.2) is 0 Å². The highest BCUT2D eigenvalue weighted by molar-refractivity contribution is 5.31. The number of hydrogen-bond donors (Lipinski definition) is 1. The summed E-state index contributed by atoms with van der Waals surface area (Å²) in [5.41, 5.74) is 3.32. The SMILES string of the molecule is COCC(C)OCC(O)c1ccc(C)c(C)c1. The number of aryl methyl sites for hydroxylation is 2. The van der Waals surface area contributed by atoms with Gasteiger partial charge in [-0.05, 0) is 37.5 Å². The van der Waals surface area contributed by atoms with Crippen LogP contribution >= 0.6 is 0 Å². The van der Waals surface area contributed by atoms with Gasteiger partial charge in [0.05, 0.1) is 19.3 Å². The maximum Gasteiger partial charge on any atom is 0.102 e. The Morgan fingerprint density at radius 3 is 2.47 bits per heavy atom. The highest BCUT2D eigenvalue weighted by Crippen LogP contribution is 2.17. The molecule has 0 fully saturated rings. The lowest BCUT2D eigenvalue weighted by molar-refractivity contribution is -0.0325. The summed E-state index contributed by atoms with van der Waals surface area (Å²) in [6.45, 7) is 6.87. The summed E-state index contributed by atoms with van der Waals surface area (Å²) in [5, 5.41) is 9.99. The number of aliphatic hydroxyl groups excluding tert-OH is 1. The Balaban J connectivity index is 2.52. The van der Waals surface area contributed by atoms with E-state index in [1.807, 2.05) is 32.0 Å². The van der Waals surface area contributed by atoms with Crippen molar-refractivity contribution >= 4 is 0 Å². The second-order valence-electron chi connectivity index (χ2n) is 4.46. The van der Waals surface area contributed by atoms with Crippen LogP contribution in [0.4, 0.5) is 0 Å². The van der Waals surface area contributed by atoms with Crippen LogP contribution in [0.5, 0.6) is 0 Å². The first-order valence-electron chi connectivity index (χ1n) is 5.90. The zero-order valence-electron chi connectivity index (χ0n) is 11.1. The van der Waals surface area contributed by atoms with E-state index in [-0.39, 0.29) is 6.10 Å². The number of hydrogen-bond acceptors (Lipinski definition) is 3. The molecule has 96 valence electrons. The van der Waals surface area contributed by atoms with Crippen molar-refractivity contribution in [2.75, 3.05) is 20.3 Å². The Hall–Kier alpha value is -0.900. The van der Waals surface area contributed by atoms with Crippen molar-refractivity contribution in [2.24, 2.45) is 0 Å². The average Bonchev–Trinajstić information content (AvgIpc) is 2.30. The molecular weight excluding hydrogens is 216 g/mol. The summed E-state index contributed by atoms with van der Waals surface area (Å²) < 4.78 is 10.5. The van der Waals surface area contributed by atoms with E-state index in [4.69, 9.17) is 9.47 Å². The van der Waals surface area contributed by atoms with Gasteiger partial charge in [-0.1, -0.05) is 18.2 Å². The minimum absolute atomic E-state index is 0.00111. The van der Waals surface area contributed by atoms with Crippen LogP contribution < -0.4 is 0 Å². The van der Waals surface area contributed by atoms with E-state index >= 15 is 0 Å². The Bertz CT molecular complexity index is 349. The van der Waals surface area contributed by atoms with Crippen molar-refractivity contribution in [3.63, 3.8) is 0 Å². The average molecular weight is 238 g/mol. The van der Waals surface area contributed by atoms with E-state index in [1.54, 1.807) is 7.11 Å². The molecule has 3 heteroatoms. The van der Waals surface area contributed by atoms with Crippen LogP contribution in [0, 0.1) is 13.8 Å². The maximum atomic E-state index is 9.99. The summed E-state index contributed by atoms with van der Waals surface area (Å²) in [5.74, 6) is 0. The lowest BCUT2D eigenvalue weighted by Gasteiger charge is -2.16. The minimum atomic E-state index is -0.575. The maximum absolute atomic E-state index is 9.99. The van der Waals surface area contributed by atoms with Crippen molar-refractivity contribution in [3.8, 4) is 0 Å². The first kappa shape index (κ1) is 14.2. The Labute approximate surface area is 103 Å². The van der Waals surface area contributed by atoms with Gasteiger partial charge < -0.3 is 14.6 Å². The van der Waals surface area contributed by atoms with Crippen LogP contribution in [0.1, 0.15) is 29.7 Å². The molecule has 0 aliphatic rings. The molecule has 0 amide bonds. The van der Waals surface area contributed by atoms with Gasteiger partial charge in [-0.15, -0.1) is 0 Å². The standard InChI is InChI=1S/C14H22O3/c1-10-5-6-13(7-11(10)2)14(15)9-17-12(3)8-16-4/h5-7,12,14-15H,8-9H2,1-4H3. The molecule has 1 aromatic rings. The van der Waals surface area contributed by atoms with Crippen molar-refractivity contribution in [3.05, 3.63) is 34.9 Å². The van der Waals surface area contributed by atoms with Crippen LogP contribution in [-0.2, 0) is 9.47 Å². The number of aliphatic hydroxyl groups is 1. The van der Waals surface area contributed by atoms with Crippen molar-refractivity contribution in [1.29, 1.82) is 0 Å². The van der Waals surface area contributed by atoms with Crippen LogP contribution in [0.15, 0.2) is 18.2 Å². The zero-order chi connectivity index (χ0) is 12.8. The van der Waals surface area contributed by atoms with Gasteiger partial charge in [0, 0.05) is 7.11 Å². The molecule has 1 aromatic carbocycles. The van der Waals surface area contributed by atoms with Gasteiger partial charge in [-0.2, -0.15) is 0 Å². The molecule has 2 unspecified atom stereocenters. The van der Waals surface area contributed by atoms with Gasteiger partial charge in [-0.25, -0.2) is 0 Å². The predicted molar refractivity (Wildman–Crippen MR) is 68.2 cm³/mol. The first-order chi connectivity index (χ1) is 8.04. The molecule has 0 aliphatic heterocycles. The van der Waals surface area contributed by atoms with Crippen LogP contribution in [0.2, 0.25) is 0 Å². The molecule has 0 radical (unpaired) electrons. The molecule has 0 spiro atoms. The van der Waals surface area contributed by atoms with Gasteiger partial charge in [-0.3, -0.25) is 0 Å². The molecule has 0 aromatic heterocycles. The normalized spacial score (nSPS) is 14.6. The summed E-state index contributed by atoms with van der Waals surface area (Å²) in [6.07, 6.45) is -0.574. The largest absolute Gasteiger partial charge is 0.386 e. The predicted octanol–water partition coefficient (Wildman–Crippen LogP) is 2.39. The monoisotopic (exact) mass is 238 g/mol. The van der Waals surface area contributed by atoms with Crippen molar-refractivity contribution in [2.45, 2.75) is 33.0 Å². The molecule has 1 N–H and O–H groups in total. The third-order valence-corrected chi connectivity index (χ3v) is 2.86. The number of benzene rings is 1. The van der Waals surface area contributed by atoms with E-state index in [9.17, 15) is 5.11 Å². The summed E-state index contributed by atoms with van der Waals surface area (Å²) >= 11 is 0. The number of methoxy groups -OCH3 is 1. The molecule has 0 saturated heterocycles. The number of ether oxygens (including phenoxy) is 2. The van der Waals surface area contributed by atoms with E-state index in [0.717, 1.165) is 5.56 Å². The molecule has 17 heavy (non-hydrogen) atoms. The van der Waals surface area contributed by atoms with E-state index in [0.29, 0.717) is 13.2 Å². The fraction of sp³-hybridized carbons (Fsp3) is 0.571. The lowest BCUT2D eigenvalue weighted by Crippen LogP contribution is -2.19. The summed E-state index contributed by atoms with van der Waals surface area (Å²) in [4.78, 5) is 0. The Morgan fingerprint density at radius 2 is 1.88 bits per heavy atom. The Morgan fingerprint density at radius 1 is 1.18 bits per heavy atom. The quantitative estimate of drug-likeness (QED) is 0.827. The van der Waals surface area contributed by atoms with E-state index < -0.39 is 6.10 Å². The van der Waals surface area contributed by atoms with Gasteiger partial charge >= 0.3 is 0 Å². The van der Waals surface area contributed by atoms with Crippen LogP contribution in [-0.4, -0.2) is 31.5 Å². The highest BCUT2D eigenvalue weighted by atomic mass is 16.5. The molecule has 1 rings (SSSR count). The topological polar surface area (TPSA) is 38.7 Å². The molecule has 0 bridgehead atoms.